The molecule has 0 aromatic carbocycles. The van der Waals surface area contributed by atoms with E-state index in [9.17, 15) is 5.11 Å². The summed E-state index contributed by atoms with van der Waals surface area (Å²) in [5.74, 6) is 0.755. The Morgan fingerprint density at radius 3 is 3.07 bits per heavy atom. The first kappa shape index (κ1) is 12.9. The molecule has 1 aliphatic heterocycles. The van der Waals surface area contributed by atoms with Crippen LogP contribution in [0.15, 0.2) is 12.3 Å². The number of rotatable bonds is 6. The second kappa shape index (κ2) is 6.40. The number of ether oxygens (including phenoxy) is 1. The molecule has 1 rings (SSSR count). The van der Waals surface area contributed by atoms with Crippen molar-refractivity contribution in [1.29, 1.82) is 0 Å². The van der Waals surface area contributed by atoms with Gasteiger partial charge in [0.15, 0.2) is 0 Å². The summed E-state index contributed by atoms with van der Waals surface area (Å²) in [5, 5.41) is 13.2. The molecule has 0 radical (unpaired) electrons. The lowest BCUT2D eigenvalue weighted by atomic mass is 10.1. The third kappa shape index (κ3) is 5.44. The predicted molar refractivity (Wildman–Crippen MR) is 65.1 cm³/mol. The second-order valence-electron chi connectivity index (χ2n) is 4.27. The first-order valence-corrected chi connectivity index (χ1v) is 6.76. The van der Waals surface area contributed by atoms with E-state index < -0.39 is 5.60 Å². The Hall–Kier alpha value is -0.190. The van der Waals surface area contributed by atoms with Crippen LogP contribution in [-0.2, 0) is 4.74 Å². The van der Waals surface area contributed by atoms with Crippen LogP contribution in [0.4, 0.5) is 0 Å². The van der Waals surface area contributed by atoms with Crippen LogP contribution in [0, 0.1) is 0 Å². The van der Waals surface area contributed by atoms with Gasteiger partial charge < -0.3 is 15.2 Å². The fraction of sp³-hybridized carbons (Fsp3) is 0.818. The number of hydrogen-bond donors (Lipinski definition) is 2. The van der Waals surface area contributed by atoms with Crippen molar-refractivity contribution >= 4 is 11.8 Å². The molecule has 2 atom stereocenters. The lowest BCUT2D eigenvalue weighted by molar-refractivity contribution is 0.0733. The second-order valence-corrected chi connectivity index (χ2v) is 5.13. The number of nitrogens with one attached hydrogen (secondary N) is 1. The van der Waals surface area contributed by atoms with E-state index in [1.807, 2.05) is 19.3 Å². The highest BCUT2D eigenvalue weighted by Crippen LogP contribution is 2.11. The minimum atomic E-state index is -0.621. The SMILES string of the molecule is CSCC(C)(O)CNCC1CCC=CO1. The normalized spacial score (nSPS) is 24.6. The van der Waals surface area contributed by atoms with Crippen molar-refractivity contribution in [3.63, 3.8) is 0 Å². The Labute approximate surface area is 96.3 Å². The van der Waals surface area contributed by atoms with Gasteiger partial charge in [-0.1, -0.05) is 0 Å². The molecule has 0 aliphatic carbocycles. The fourth-order valence-corrected chi connectivity index (χ4v) is 2.32. The Balaban J connectivity index is 2.12. The standard InChI is InChI=1S/C11H21NO2S/c1-11(13,9-15-2)8-12-7-10-5-3-4-6-14-10/h4,6,10,12-13H,3,5,7-9H2,1-2H3. The van der Waals surface area contributed by atoms with Gasteiger partial charge in [-0.2, -0.15) is 11.8 Å². The first-order valence-electron chi connectivity index (χ1n) is 5.36. The average molecular weight is 231 g/mol. The van der Waals surface area contributed by atoms with E-state index in [2.05, 4.69) is 5.32 Å². The number of allylic oxidation sites excluding steroid dienone is 1. The molecule has 15 heavy (non-hydrogen) atoms. The van der Waals surface area contributed by atoms with E-state index in [-0.39, 0.29) is 6.10 Å². The lowest BCUT2D eigenvalue weighted by Crippen LogP contribution is -2.42. The summed E-state index contributed by atoms with van der Waals surface area (Å²) < 4.78 is 5.42. The van der Waals surface area contributed by atoms with Crippen molar-refractivity contribution in [2.45, 2.75) is 31.5 Å². The van der Waals surface area contributed by atoms with Gasteiger partial charge >= 0.3 is 0 Å². The molecular formula is C11H21NO2S. The third-order valence-corrected chi connectivity index (χ3v) is 3.27. The largest absolute Gasteiger partial charge is 0.497 e. The van der Waals surface area contributed by atoms with E-state index in [0.717, 1.165) is 25.1 Å². The van der Waals surface area contributed by atoms with Crippen molar-refractivity contribution in [2.75, 3.05) is 25.1 Å². The summed E-state index contributed by atoms with van der Waals surface area (Å²) in [6.07, 6.45) is 8.24. The molecule has 1 heterocycles. The third-order valence-electron chi connectivity index (χ3n) is 2.36. The van der Waals surface area contributed by atoms with Crippen LogP contribution in [0.25, 0.3) is 0 Å². The lowest BCUT2D eigenvalue weighted by Gasteiger charge is -2.25. The van der Waals surface area contributed by atoms with Gasteiger partial charge in [0.25, 0.3) is 0 Å². The van der Waals surface area contributed by atoms with E-state index in [0.29, 0.717) is 6.54 Å². The molecule has 0 saturated carbocycles. The quantitative estimate of drug-likeness (QED) is 0.725. The first-order chi connectivity index (χ1) is 7.14. The van der Waals surface area contributed by atoms with Gasteiger partial charge in [-0.15, -0.1) is 0 Å². The molecule has 0 aromatic rings. The predicted octanol–water partition coefficient (Wildman–Crippen LogP) is 1.38. The van der Waals surface area contributed by atoms with Crippen LogP contribution >= 0.6 is 11.8 Å². The smallest absolute Gasteiger partial charge is 0.110 e. The van der Waals surface area contributed by atoms with Crippen LogP contribution in [0.2, 0.25) is 0 Å². The summed E-state index contributed by atoms with van der Waals surface area (Å²) in [7, 11) is 0. The van der Waals surface area contributed by atoms with Gasteiger partial charge in [-0.3, -0.25) is 0 Å². The van der Waals surface area contributed by atoms with Crippen molar-refractivity contribution in [1.82, 2.24) is 5.32 Å². The summed E-state index contributed by atoms with van der Waals surface area (Å²) >= 11 is 1.66. The van der Waals surface area contributed by atoms with Gasteiger partial charge in [0.1, 0.15) is 6.10 Å². The minimum absolute atomic E-state index is 0.264. The number of hydrogen-bond acceptors (Lipinski definition) is 4. The van der Waals surface area contributed by atoms with Crippen LogP contribution in [0.5, 0.6) is 0 Å². The zero-order chi connectivity index (χ0) is 11.1. The Morgan fingerprint density at radius 2 is 2.47 bits per heavy atom. The molecule has 1 aliphatic rings. The number of aliphatic hydroxyl groups is 1. The average Bonchev–Trinajstić information content (AvgIpc) is 2.19. The maximum absolute atomic E-state index is 9.91. The number of thioether (sulfide) groups is 1. The molecule has 0 bridgehead atoms. The van der Waals surface area contributed by atoms with Crippen molar-refractivity contribution in [2.24, 2.45) is 0 Å². The van der Waals surface area contributed by atoms with E-state index in [4.69, 9.17) is 4.74 Å². The summed E-state index contributed by atoms with van der Waals surface area (Å²) in [5.41, 5.74) is -0.621. The fourth-order valence-electron chi connectivity index (χ4n) is 1.60. The zero-order valence-electron chi connectivity index (χ0n) is 9.53. The Kier molecular flexibility index (Phi) is 5.50. The van der Waals surface area contributed by atoms with Crippen molar-refractivity contribution in [3.8, 4) is 0 Å². The highest BCUT2D eigenvalue weighted by Gasteiger charge is 2.20. The minimum Gasteiger partial charge on any atom is -0.497 e. The molecule has 0 spiro atoms. The molecule has 0 saturated heterocycles. The van der Waals surface area contributed by atoms with Crippen LogP contribution in [-0.4, -0.2) is 41.9 Å². The molecule has 88 valence electrons. The maximum atomic E-state index is 9.91. The van der Waals surface area contributed by atoms with Gasteiger partial charge in [0.05, 0.1) is 11.9 Å². The monoisotopic (exact) mass is 231 g/mol. The molecule has 2 N–H and O–H groups in total. The molecule has 4 heteroatoms. The maximum Gasteiger partial charge on any atom is 0.110 e. The van der Waals surface area contributed by atoms with Crippen molar-refractivity contribution in [3.05, 3.63) is 12.3 Å². The molecular weight excluding hydrogens is 210 g/mol. The topological polar surface area (TPSA) is 41.5 Å². The highest BCUT2D eigenvalue weighted by atomic mass is 32.2. The van der Waals surface area contributed by atoms with E-state index in [1.165, 1.54) is 0 Å². The van der Waals surface area contributed by atoms with E-state index in [1.54, 1.807) is 18.0 Å². The molecule has 0 fully saturated rings. The van der Waals surface area contributed by atoms with Crippen LogP contribution < -0.4 is 5.32 Å². The summed E-state index contributed by atoms with van der Waals surface area (Å²) in [4.78, 5) is 0. The van der Waals surface area contributed by atoms with Crippen molar-refractivity contribution < 1.29 is 9.84 Å². The van der Waals surface area contributed by atoms with E-state index >= 15 is 0 Å². The summed E-state index contributed by atoms with van der Waals surface area (Å²) in [6, 6.07) is 0. The molecule has 3 nitrogen and oxygen atoms in total. The Morgan fingerprint density at radius 1 is 1.67 bits per heavy atom. The van der Waals surface area contributed by atoms with Crippen LogP contribution in [0.3, 0.4) is 0 Å². The van der Waals surface area contributed by atoms with Gasteiger partial charge in [0, 0.05) is 18.8 Å². The molecule has 2 unspecified atom stereocenters. The van der Waals surface area contributed by atoms with Gasteiger partial charge in [-0.25, -0.2) is 0 Å². The van der Waals surface area contributed by atoms with Gasteiger partial charge in [-0.05, 0) is 32.1 Å². The highest BCUT2D eigenvalue weighted by molar-refractivity contribution is 7.98. The summed E-state index contributed by atoms with van der Waals surface area (Å²) in [6.45, 7) is 3.30. The zero-order valence-corrected chi connectivity index (χ0v) is 10.3. The van der Waals surface area contributed by atoms with Crippen LogP contribution in [0.1, 0.15) is 19.8 Å². The van der Waals surface area contributed by atoms with Gasteiger partial charge in [0.2, 0.25) is 0 Å². The molecule has 0 amide bonds. The Bertz CT molecular complexity index is 207. The molecule has 0 aromatic heterocycles.